The lowest BCUT2D eigenvalue weighted by Crippen LogP contribution is -2.32. The third-order valence-corrected chi connectivity index (χ3v) is 5.11. The second-order valence-electron chi connectivity index (χ2n) is 5.33. The molecule has 22 heavy (non-hydrogen) atoms. The molecule has 3 rings (SSSR count). The molecule has 1 saturated heterocycles. The van der Waals surface area contributed by atoms with Crippen LogP contribution in [0.5, 0.6) is 0 Å². The Morgan fingerprint density at radius 1 is 1.32 bits per heavy atom. The Morgan fingerprint density at radius 3 is 2.73 bits per heavy atom. The Hall–Kier alpha value is -1.95. The van der Waals surface area contributed by atoms with Crippen LogP contribution in [0, 0.1) is 12.7 Å². The fourth-order valence-electron chi connectivity index (χ4n) is 2.70. The average Bonchev–Trinajstić information content (AvgIpc) is 3.13. The monoisotopic (exact) mass is 321 g/mol. The first-order valence-electron chi connectivity index (χ1n) is 7.20. The summed E-state index contributed by atoms with van der Waals surface area (Å²) in [4.78, 5) is 26.1. The van der Waals surface area contributed by atoms with Gasteiger partial charge in [-0.1, -0.05) is 6.07 Å². The highest BCUT2D eigenvalue weighted by Gasteiger charge is 2.22. The van der Waals surface area contributed by atoms with Gasteiger partial charge >= 0.3 is 5.97 Å². The molecule has 1 amide bonds. The summed E-state index contributed by atoms with van der Waals surface area (Å²) in [7, 11) is 0. The van der Waals surface area contributed by atoms with E-state index < -0.39 is 5.97 Å². The van der Waals surface area contributed by atoms with Gasteiger partial charge in [0.05, 0.1) is 0 Å². The van der Waals surface area contributed by atoms with E-state index in [2.05, 4.69) is 0 Å². The standard InChI is InChI=1S/C16H16FNO3S/c1-10-14-11(17)5-4-6-12(14)22-15(10)16(20)21-9-13(19)18-7-2-3-8-18/h4-6H,2-3,7-9H2,1H3. The van der Waals surface area contributed by atoms with E-state index in [-0.39, 0.29) is 18.3 Å². The number of likely N-dealkylation sites (tertiary alicyclic amines) is 1. The molecule has 116 valence electrons. The number of carbonyl (C=O) groups is 2. The summed E-state index contributed by atoms with van der Waals surface area (Å²) < 4.78 is 19.7. The lowest BCUT2D eigenvalue weighted by molar-refractivity contribution is -0.133. The van der Waals surface area contributed by atoms with E-state index in [0.717, 1.165) is 25.9 Å². The minimum Gasteiger partial charge on any atom is -0.451 e. The van der Waals surface area contributed by atoms with Gasteiger partial charge in [0.2, 0.25) is 0 Å². The van der Waals surface area contributed by atoms with Gasteiger partial charge in [-0.25, -0.2) is 9.18 Å². The molecule has 0 atom stereocenters. The molecular weight excluding hydrogens is 305 g/mol. The van der Waals surface area contributed by atoms with E-state index in [4.69, 9.17) is 4.74 Å². The van der Waals surface area contributed by atoms with Crippen LogP contribution in [0.1, 0.15) is 28.1 Å². The Bertz CT molecular complexity index is 734. The van der Waals surface area contributed by atoms with Gasteiger partial charge in [0, 0.05) is 23.2 Å². The number of thiophene rings is 1. The number of halogens is 1. The van der Waals surface area contributed by atoms with Crippen LogP contribution in [0.3, 0.4) is 0 Å². The number of esters is 1. The highest BCUT2D eigenvalue weighted by Crippen LogP contribution is 2.32. The maximum absolute atomic E-state index is 13.8. The molecular formula is C16H16FNO3S. The molecule has 0 radical (unpaired) electrons. The number of carbonyl (C=O) groups excluding carboxylic acids is 2. The predicted octanol–water partition coefficient (Wildman–Crippen LogP) is 3.13. The van der Waals surface area contributed by atoms with Gasteiger partial charge in [0.1, 0.15) is 10.7 Å². The van der Waals surface area contributed by atoms with Crippen LogP contribution < -0.4 is 0 Å². The Kier molecular flexibility index (Phi) is 4.11. The first-order valence-corrected chi connectivity index (χ1v) is 8.02. The van der Waals surface area contributed by atoms with Crippen LogP contribution in [0.2, 0.25) is 0 Å². The van der Waals surface area contributed by atoms with Crippen molar-refractivity contribution in [1.29, 1.82) is 0 Å². The molecule has 0 N–H and O–H groups in total. The van der Waals surface area contributed by atoms with Crippen LogP contribution >= 0.6 is 11.3 Å². The number of rotatable bonds is 3. The summed E-state index contributed by atoms with van der Waals surface area (Å²) in [6, 6.07) is 4.75. The SMILES string of the molecule is Cc1c(C(=O)OCC(=O)N2CCCC2)sc2cccc(F)c12. The molecule has 1 aliphatic rings. The van der Waals surface area contributed by atoms with Crippen LogP contribution in [0.4, 0.5) is 4.39 Å². The van der Waals surface area contributed by atoms with Gasteiger partial charge in [0.15, 0.2) is 6.61 Å². The quantitative estimate of drug-likeness (QED) is 0.816. The second kappa shape index (κ2) is 6.04. The Balaban J connectivity index is 1.74. The molecule has 1 fully saturated rings. The molecule has 1 aromatic carbocycles. The molecule has 4 nitrogen and oxygen atoms in total. The van der Waals surface area contributed by atoms with Crippen LogP contribution in [-0.2, 0) is 9.53 Å². The predicted molar refractivity (Wildman–Crippen MR) is 82.6 cm³/mol. The summed E-state index contributed by atoms with van der Waals surface area (Å²) in [6.07, 6.45) is 1.99. The molecule has 0 bridgehead atoms. The van der Waals surface area contributed by atoms with Gasteiger partial charge in [-0.3, -0.25) is 4.79 Å². The smallest absolute Gasteiger partial charge is 0.349 e. The molecule has 0 unspecified atom stereocenters. The van der Waals surface area contributed by atoms with E-state index in [1.165, 1.54) is 17.4 Å². The van der Waals surface area contributed by atoms with Gasteiger partial charge in [-0.05, 0) is 37.5 Å². The summed E-state index contributed by atoms with van der Waals surface area (Å²) in [5.41, 5.74) is 0.566. The fourth-order valence-corrected chi connectivity index (χ4v) is 3.82. The first-order chi connectivity index (χ1) is 10.6. The largest absolute Gasteiger partial charge is 0.451 e. The number of ether oxygens (including phenoxy) is 1. The van der Waals surface area contributed by atoms with Crippen molar-refractivity contribution >= 4 is 33.3 Å². The zero-order chi connectivity index (χ0) is 15.7. The summed E-state index contributed by atoms with van der Waals surface area (Å²) in [6.45, 7) is 2.89. The fraction of sp³-hybridized carbons (Fsp3) is 0.375. The topological polar surface area (TPSA) is 46.6 Å². The van der Waals surface area contributed by atoms with Crippen molar-refractivity contribution in [1.82, 2.24) is 4.90 Å². The number of amides is 1. The van der Waals surface area contributed by atoms with Crippen LogP contribution in [0.15, 0.2) is 18.2 Å². The maximum atomic E-state index is 13.8. The van der Waals surface area contributed by atoms with E-state index in [0.29, 0.717) is 20.5 Å². The van der Waals surface area contributed by atoms with Gasteiger partial charge in [0.25, 0.3) is 5.91 Å². The highest BCUT2D eigenvalue weighted by molar-refractivity contribution is 7.21. The van der Waals surface area contributed by atoms with E-state index in [9.17, 15) is 14.0 Å². The lowest BCUT2D eigenvalue weighted by atomic mass is 10.1. The summed E-state index contributed by atoms with van der Waals surface area (Å²) >= 11 is 1.19. The van der Waals surface area contributed by atoms with Crippen molar-refractivity contribution in [3.8, 4) is 0 Å². The Morgan fingerprint density at radius 2 is 2.05 bits per heavy atom. The van der Waals surface area contributed by atoms with Crippen molar-refractivity contribution in [3.63, 3.8) is 0 Å². The molecule has 0 spiro atoms. The first kappa shape index (κ1) is 15.0. The van der Waals surface area contributed by atoms with Crippen LogP contribution in [-0.4, -0.2) is 36.5 Å². The second-order valence-corrected chi connectivity index (χ2v) is 6.39. The molecule has 1 aliphatic heterocycles. The summed E-state index contributed by atoms with van der Waals surface area (Å²) in [5, 5.41) is 0.449. The number of benzene rings is 1. The number of hydrogen-bond acceptors (Lipinski definition) is 4. The van der Waals surface area contributed by atoms with Gasteiger partial charge in [-0.15, -0.1) is 11.3 Å². The van der Waals surface area contributed by atoms with Crippen molar-refractivity contribution in [2.75, 3.05) is 19.7 Å². The highest BCUT2D eigenvalue weighted by atomic mass is 32.1. The van der Waals surface area contributed by atoms with Crippen molar-refractivity contribution in [3.05, 3.63) is 34.5 Å². The van der Waals surface area contributed by atoms with Crippen molar-refractivity contribution in [2.24, 2.45) is 0 Å². The van der Waals surface area contributed by atoms with Crippen molar-refractivity contribution in [2.45, 2.75) is 19.8 Å². The molecule has 2 heterocycles. The molecule has 1 aromatic heterocycles. The Labute approximate surface area is 131 Å². The molecule has 2 aromatic rings. The number of aryl methyl sites for hydroxylation is 1. The normalized spacial score (nSPS) is 14.5. The maximum Gasteiger partial charge on any atom is 0.349 e. The molecule has 0 aliphatic carbocycles. The van der Waals surface area contributed by atoms with Crippen molar-refractivity contribution < 1.29 is 18.7 Å². The van der Waals surface area contributed by atoms with Gasteiger partial charge in [-0.2, -0.15) is 0 Å². The van der Waals surface area contributed by atoms with E-state index in [1.807, 2.05) is 0 Å². The lowest BCUT2D eigenvalue weighted by Gasteiger charge is -2.14. The van der Waals surface area contributed by atoms with E-state index in [1.54, 1.807) is 24.0 Å². The average molecular weight is 321 g/mol. The minimum atomic E-state index is -0.564. The number of hydrogen-bond donors (Lipinski definition) is 0. The zero-order valence-corrected chi connectivity index (χ0v) is 13.0. The van der Waals surface area contributed by atoms with Gasteiger partial charge < -0.3 is 9.64 Å². The van der Waals surface area contributed by atoms with E-state index >= 15 is 0 Å². The molecule has 0 saturated carbocycles. The minimum absolute atomic E-state index is 0.171. The third kappa shape index (κ3) is 2.70. The summed E-state index contributed by atoms with van der Waals surface area (Å²) in [5.74, 6) is -1.08. The van der Waals surface area contributed by atoms with Crippen LogP contribution in [0.25, 0.3) is 10.1 Å². The number of fused-ring (bicyclic) bond motifs is 1. The molecule has 6 heteroatoms. The third-order valence-electron chi connectivity index (χ3n) is 3.87. The zero-order valence-electron chi connectivity index (χ0n) is 12.2. The number of nitrogens with zero attached hydrogens (tertiary/aromatic N) is 1.